The zero-order valence-electron chi connectivity index (χ0n) is 17.9. The molecular formula is C23H21ClN6O3. The van der Waals surface area contributed by atoms with Crippen LogP contribution in [-0.2, 0) is 6.54 Å². The van der Waals surface area contributed by atoms with Gasteiger partial charge >= 0.3 is 12.1 Å². The second-order valence-corrected chi connectivity index (χ2v) is 8.03. The number of rotatable bonds is 5. The summed E-state index contributed by atoms with van der Waals surface area (Å²) in [6.07, 6.45) is 5.59. The summed E-state index contributed by atoms with van der Waals surface area (Å²) in [6.45, 7) is 4.45. The van der Waals surface area contributed by atoms with E-state index in [0.717, 1.165) is 5.56 Å². The lowest BCUT2D eigenvalue weighted by Crippen LogP contribution is -2.54. The van der Waals surface area contributed by atoms with Crippen molar-refractivity contribution in [3.63, 3.8) is 0 Å². The van der Waals surface area contributed by atoms with Gasteiger partial charge in [-0.05, 0) is 36.8 Å². The Hall–Kier alpha value is -3.74. The Bertz CT molecular complexity index is 1170. The van der Waals surface area contributed by atoms with Gasteiger partial charge in [-0.25, -0.2) is 14.8 Å². The van der Waals surface area contributed by atoms with Crippen molar-refractivity contribution in [2.45, 2.75) is 19.5 Å². The molecule has 1 fully saturated rings. The number of ether oxygens (including phenoxy) is 2. The molecule has 0 saturated carbocycles. The number of benzene rings is 1. The minimum Gasteiger partial charge on any atom is -0.424 e. The fraction of sp³-hybridized carbons (Fsp3) is 0.261. The number of carbonyl (C=O) groups excluding carboxylic acids is 1. The normalized spacial score (nSPS) is 16.2. The molecule has 4 rings (SSSR count). The Morgan fingerprint density at radius 3 is 2.76 bits per heavy atom. The molecule has 1 aliphatic heterocycles. The lowest BCUT2D eigenvalue weighted by Gasteiger charge is -2.39. The van der Waals surface area contributed by atoms with Crippen molar-refractivity contribution in [3.8, 4) is 23.6 Å². The van der Waals surface area contributed by atoms with Gasteiger partial charge in [0.1, 0.15) is 11.8 Å². The van der Waals surface area contributed by atoms with E-state index in [4.69, 9.17) is 26.3 Å². The van der Waals surface area contributed by atoms with E-state index < -0.39 is 6.09 Å². The molecule has 0 unspecified atom stereocenters. The van der Waals surface area contributed by atoms with Gasteiger partial charge in [0.25, 0.3) is 0 Å². The van der Waals surface area contributed by atoms with Crippen molar-refractivity contribution in [1.82, 2.24) is 24.8 Å². The molecule has 10 heteroatoms. The van der Waals surface area contributed by atoms with Gasteiger partial charge in [0, 0.05) is 61.9 Å². The number of hydrogen-bond acceptors (Lipinski definition) is 8. The van der Waals surface area contributed by atoms with Gasteiger partial charge < -0.3 is 14.4 Å². The van der Waals surface area contributed by atoms with Crippen molar-refractivity contribution in [2.24, 2.45) is 0 Å². The van der Waals surface area contributed by atoms with Crippen LogP contribution >= 0.6 is 11.6 Å². The second-order valence-electron chi connectivity index (χ2n) is 7.60. The van der Waals surface area contributed by atoms with Crippen LogP contribution in [0, 0.1) is 11.3 Å². The highest BCUT2D eigenvalue weighted by Gasteiger charge is 2.29. The van der Waals surface area contributed by atoms with Crippen molar-refractivity contribution in [2.75, 3.05) is 19.6 Å². The van der Waals surface area contributed by atoms with E-state index in [0.29, 0.717) is 42.5 Å². The Labute approximate surface area is 196 Å². The van der Waals surface area contributed by atoms with Crippen molar-refractivity contribution in [1.29, 1.82) is 5.26 Å². The van der Waals surface area contributed by atoms with Crippen LogP contribution < -0.4 is 9.47 Å². The van der Waals surface area contributed by atoms with Crippen LogP contribution in [0.25, 0.3) is 0 Å². The van der Waals surface area contributed by atoms with Gasteiger partial charge in [-0.3, -0.25) is 9.88 Å². The molecule has 1 aliphatic rings. The van der Waals surface area contributed by atoms with Gasteiger partial charge in [0.2, 0.25) is 0 Å². The summed E-state index contributed by atoms with van der Waals surface area (Å²) >= 11 is 6.29. The monoisotopic (exact) mass is 464 g/mol. The fourth-order valence-corrected chi connectivity index (χ4v) is 3.86. The zero-order chi connectivity index (χ0) is 23.2. The summed E-state index contributed by atoms with van der Waals surface area (Å²) in [5, 5.41) is 9.53. The van der Waals surface area contributed by atoms with Gasteiger partial charge in [-0.15, -0.1) is 0 Å². The molecule has 3 heterocycles. The number of nitriles is 1. The van der Waals surface area contributed by atoms with Crippen LogP contribution in [0.1, 0.15) is 18.1 Å². The van der Waals surface area contributed by atoms with Gasteiger partial charge in [0.15, 0.2) is 5.75 Å². The van der Waals surface area contributed by atoms with Crippen molar-refractivity contribution >= 4 is 17.7 Å². The first-order chi connectivity index (χ1) is 16.0. The Balaban J connectivity index is 1.36. The third-order valence-corrected chi connectivity index (χ3v) is 5.30. The Morgan fingerprint density at radius 1 is 1.18 bits per heavy atom. The highest BCUT2D eigenvalue weighted by Crippen LogP contribution is 2.26. The number of hydrogen-bond donors (Lipinski definition) is 0. The topological polar surface area (TPSA) is 104 Å². The highest BCUT2D eigenvalue weighted by atomic mass is 35.5. The summed E-state index contributed by atoms with van der Waals surface area (Å²) in [4.78, 5) is 28.6. The smallest absolute Gasteiger partial charge is 0.415 e. The molecule has 2 aromatic heterocycles. The molecule has 9 nitrogen and oxygen atoms in total. The van der Waals surface area contributed by atoms with Crippen LogP contribution in [0.15, 0.2) is 55.1 Å². The number of amides is 1. The van der Waals surface area contributed by atoms with Gasteiger partial charge in [-0.2, -0.15) is 5.26 Å². The van der Waals surface area contributed by atoms with Gasteiger partial charge in [-0.1, -0.05) is 11.6 Å². The lowest BCUT2D eigenvalue weighted by molar-refractivity contribution is 0.0752. The summed E-state index contributed by atoms with van der Waals surface area (Å²) < 4.78 is 11.1. The first-order valence-electron chi connectivity index (χ1n) is 10.3. The van der Waals surface area contributed by atoms with Crippen molar-refractivity contribution < 1.29 is 14.3 Å². The van der Waals surface area contributed by atoms with E-state index in [1.807, 2.05) is 25.1 Å². The Kier molecular flexibility index (Phi) is 6.98. The number of carbonyl (C=O) groups is 1. The molecule has 0 radical (unpaired) electrons. The largest absolute Gasteiger partial charge is 0.424 e. The fourth-order valence-electron chi connectivity index (χ4n) is 3.62. The maximum absolute atomic E-state index is 12.6. The zero-order valence-corrected chi connectivity index (χ0v) is 18.6. The van der Waals surface area contributed by atoms with E-state index in [9.17, 15) is 4.79 Å². The average Bonchev–Trinajstić information content (AvgIpc) is 2.79. The van der Waals surface area contributed by atoms with E-state index in [-0.39, 0.29) is 17.8 Å². The number of pyridine rings is 1. The van der Waals surface area contributed by atoms with Crippen molar-refractivity contribution in [3.05, 3.63) is 71.3 Å². The van der Waals surface area contributed by atoms with Crippen LogP contribution in [0.2, 0.25) is 5.02 Å². The van der Waals surface area contributed by atoms with E-state index in [1.165, 1.54) is 18.5 Å². The third kappa shape index (κ3) is 5.94. The predicted molar refractivity (Wildman–Crippen MR) is 120 cm³/mol. The molecule has 168 valence electrons. The van der Waals surface area contributed by atoms with E-state index >= 15 is 0 Å². The lowest BCUT2D eigenvalue weighted by atomic mass is 10.1. The highest BCUT2D eigenvalue weighted by molar-refractivity contribution is 6.30. The molecule has 0 spiro atoms. The van der Waals surface area contributed by atoms with Crippen LogP contribution in [-0.4, -0.2) is 56.5 Å². The summed E-state index contributed by atoms with van der Waals surface area (Å²) in [5.41, 5.74) is 1.32. The minimum absolute atomic E-state index is 0.0639. The number of nitrogens with zero attached hydrogens (tertiary/aromatic N) is 6. The molecule has 1 aromatic carbocycles. The quantitative estimate of drug-likeness (QED) is 0.560. The molecule has 33 heavy (non-hydrogen) atoms. The summed E-state index contributed by atoms with van der Waals surface area (Å²) in [6, 6.07) is 10.9. The molecule has 0 N–H and O–H groups in total. The van der Waals surface area contributed by atoms with E-state index in [2.05, 4.69) is 19.9 Å². The maximum atomic E-state index is 12.6. The van der Waals surface area contributed by atoms with Gasteiger partial charge in [0.05, 0.1) is 11.8 Å². The molecular weight excluding hydrogens is 444 g/mol. The number of aromatic nitrogens is 3. The molecule has 0 bridgehead atoms. The molecule has 0 aliphatic carbocycles. The number of piperazine rings is 1. The summed E-state index contributed by atoms with van der Waals surface area (Å²) in [7, 11) is 0. The molecule has 3 aromatic rings. The SMILES string of the molecule is C[C@@H]1CN(Cc2cc(Cl)cc(Oc3ncccn3)c2)CCN1C(=O)Oc1cncc(C#N)c1. The summed E-state index contributed by atoms with van der Waals surface area (Å²) in [5.74, 6) is 0.815. The minimum atomic E-state index is -0.458. The first kappa shape index (κ1) is 22.5. The maximum Gasteiger partial charge on any atom is 0.415 e. The van der Waals surface area contributed by atoms with Crippen LogP contribution in [0.4, 0.5) is 4.79 Å². The average molecular weight is 465 g/mol. The Morgan fingerprint density at radius 2 is 2.00 bits per heavy atom. The molecule has 1 saturated heterocycles. The predicted octanol–water partition coefficient (Wildman–Crippen LogP) is 3.89. The third-order valence-electron chi connectivity index (χ3n) is 5.08. The first-order valence-corrected chi connectivity index (χ1v) is 10.7. The van der Waals surface area contributed by atoms with E-state index in [1.54, 1.807) is 29.4 Å². The molecule has 1 amide bonds. The molecule has 1 atom stereocenters. The van der Waals surface area contributed by atoms with Crippen LogP contribution in [0.3, 0.4) is 0 Å². The van der Waals surface area contributed by atoms with Crippen LogP contribution in [0.5, 0.6) is 17.5 Å². The second kappa shape index (κ2) is 10.3. The standard InChI is InChI=1S/C23H21ClN6O3/c1-16-14-29(5-6-30(16)23(31)33-21-9-18(11-25)12-26-13-21)15-17-7-19(24)10-20(8-17)32-22-27-3-2-4-28-22/h2-4,7-10,12-13,16H,5-6,14-15H2,1H3/t16-/m1/s1. The number of halogens is 1.